The molecule has 2 aromatic carbocycles. The molecule has 0 radical (unpaired) electrons. The molecule has 0 fully saturated rings. The summed E-state index contributed by atoms with van der Waals surface area (Å²) in [4.78, 5) is 11.7. The molecule has 2 aromatic rings. The van der Waals surface area contributed by atoms with Gasteiger partial charge in [-0.25, -0.2) is 0 Å². The molecule has 0 aliphatic rings. The van der Waals surface area contributed by atoms with Gasteiger partial charge >= 0.3 is 0 Å². The Balaban J connectivity index is 1.82. The first-order chi connectivity index (χ1) is 11.2. The zero-order chi connectivity index (χ0) is 16.5. The molecule has 3 heteroatoms. The fraction of sp³-hybridized carbons (Fsp3) is 0.250. The molecule has 0 aromatic heterocycles. The van der Waals surface area contributed by atoms with Crippen molar-refractivity contribution in [1.82, 2.24) is 10.6 Å². The first-order valence-corrected chi connectivity index (χ1v) is 7.99. The highest BCUT2D eigenvalue weighted by Crippen LogP contribution is 2.07. The summed E-state index contributed by atoms with van der Waals surface area (Å²) >= 11 is 0. The molecule has 2 N–H and O–H groups in total. The van der Waals surface area contributed by atoms with Crippen molar-refractivity contribution in [3.63, 3.8) is 0 Å². The highest BCUT2D eigenvalue weighted by molar-refractivity contribution is 5.94. The van der Waals surface area contributed by atoms with Gasteiger partial charge in [-0.15, -0.1) is 0 Å². The Bertz CT molecular complexity index is 645. The van der Waals surface area contributed by atoms with Gasteiger partial charge < -0.3 is 10.6 Å². The Morgan fingerprint density at radius 1 is 1.04 bits per heavy atom. The number of carbonyl (C=O) groups is 1. The van der Waals surface area contributed by atoms with Gasteiger partial charge in [-0.2, -0.15) is 0 Å². The maximum Gasteiger partial charge on any atom is 0.251 e. The number of rotatable bonds is 7. The topological polar surface area (TPSA) is 41.1 Å². The van der Waals surface area contributed by atoms with Crippen molar-refractivity contribution in [3.8, 4) is 0 Å². The average molecular weight is 308 g/mol. The Morgan fingerprint density at radius 3 is 2.39 bits per heavy atom. The average Bonchev–Trinajstić information content (AvgIpc) is 2.56. The van der Waals surface area contributed by atoms with E-state index in [1.807, 2.05) is 49.4 Å². The van der Waals surface area contributed by atoms with Gasteiger partial charge in [0.05, 0.1) is 0 Å². The van der Waals surface area contributed by atoms with E-state index in [4.69, 9.17) is 0 Å². The van der Waals surface area contributed by atoms with Gasteiger partial charge in [0.2, 0.25) is 0 Å². The molecule has 0 aliphatic carbocycles. The lowest BCUT2D eigenvalue weighted by molar-refractivity contribution is 0.0956. The maximum atomic E-state index is 11.7. The molecular formula is C20H24N2O. The van der Waals surface area contributed by atoms with Gasteiger partial charge in [0.1, 0.15) is 0 Å². The predicted molar refractivity (Wildman–Crippen MR) is 96.2 cm³/mol. The van der Waals surface area contributed by atoms with Crippen LogP contribution in [0, 0.1) is 0 Å². The van der Waals surface area contributed by atoms with Gasteiger partial charge in [0, 0.05) is 25.2 Å². The van der Waals surface area contributed by atoms with Gasteiger partial charge in [-0.05, 0) is 37.1 Å². The van der Waals surface area contributed by atoms with Crippen LogP contribution in [0.2, 0.25) is 0 Å². The summed E-state index contributed by atoms with van der Waals surface area (Å²) in [5.41, 5.74) is 4.38. The van der Waals surface area contributed by atoms with E-state index in [1.165, 1.54) is 16.7 Å². The van der Waals surface area contributed by atoms with Crippen LogP contribution in [-0.2, 0) is 6.54 Å². The van der Waals surface area contributed by atoms with Crippen LogP contribution in [0.5, 0.6) is 0 Å². The summed E-state index contributed by atoms with van der Waals surface area (Å²) in [7, 11) is 0. The maximum absolute atomic E-state index is 11.7. The first-order valence-electron chi connectivity index (χ1n) is 7.99. The van der Waals surface area contributed by atoms with E-state index < -0.39 is 0 Å². The Hall–Kier alpha value is -2.39. The van der Waals surface area contributed by atoms with E-state index in [-0.39, 0.29) is 5.91 Å². The van der Waals surface area contributed by atoms with Gasteiger partial charge in [0.25, 0.3) is 5.91 Å². The fourth-order valence-electron chi connectivity index (χ4n) is 2.33. The van der Waals surface area contributed by atoms with Gasteiger partial charge in [-0.3, -0.25) is 4.79 Å². The van der Waals surface area contributed by atoms with Crippen LogP contribution < -0.4 is 10.6 Å². The minimum absolute atomic E-state index is 0.0198. The molecule has 2 rings (SSSR count). The SMILES string of the molecule is CCNC(=O)c1ccc(CNCC(C)=Cc2ccccc2)cc1. The highest BCUT2D eigenvalue weighted by Gasteiger charge is 2.03. The third-order valence-electron chi connectivity index (χ3n) is 3.50. The van der Waals surface area contributed by atoms with Crippen LogP contribution in [-0.4, -0.2) is 19.0 Å². The zero-order valence-electron chi connectivity index (χ0n) is 13.8. The first kappa shape index (κ1) is 17.0. The number of amides is 1. The molecule has 1 amide bonds. The van der Waals surface area contributed by atoms with Crippen molar-refractivity contribution in [1.29, 1.82) is 0 Å². The number of hydrogen-bond donors (Lipinski definition) is 2. The lowest BCUT2D eigenvalue weighted by atomic mass is 10.1. The Morgan fingerprint density at radius 2 is 1.74 bits per heavy atom. The lowest BCUT2D eigenvalue weighted by Crippen LogP contribution is -2.22. The van der Waals surface area contributed by atoms with Crippen LogP contribution in [0.4, 0.5) is 0 Å². The molecule has 120 valence electrons. The minimum atomic E-state index is -0.0198. The third kappa shape index (κ3) is 5.72. The molecule has 3 nitrogen and oxygen atoms in total. The van der Waals surface area contributed by atoms with Crippen LogP contribution in [0.15, 0.2) is 60.2 Å². The smallest absolute Gasteiger partial charge is 0.251 e. The van der Waals surface area contributed by atoms with Crippen molar-refractivity contribution >= 4 is 12.0 Å². The second-order valence-electron chi connectivity index (χ2n) is 5.56. The molecule has 0 saturated carbocycles. The number of hydrogen-bond acceptors (Lipinski definition) is 2. The molecular weight excluding hydrogens is 284 g/mol. The summed E-state index contributed by atoms with van der Waals surface area (Å²) in [6.45, 7) is 6.32. The van der Waals surface area contributed by atoms with E-state index in [1.54, 1.807) is 0 Å². The van der Waals surface area contributed by atoms with Crippen molar-refractivity contribution in [2.45, 2.75) is 20.4 Å². The molecule has 0 saturated heterocycles. The predicted octanol–water partition coefficient (Wildman–Crippen LogP) is 3.63. The number of benzene rings is 2. The zero-order valence-corrected chi connectivity index (χ0v) is 13.8. The van der Waals surface area contributed by atoms with E-state index in [2.05, 4.69) is 35.8 Å². The lowest BCUT2D eigenvalue weighted by Gasteiger charge is -2.07. The highest BCUT2D eigenvalue weighted by atomic mass is 16.1. The number of carbonyl (C=O) groups excluding carboxylic acids is 1. The summed E-state index contributed by atoms with van der Waals surface area (Å²) in [6, 6.07) is 18.0. The second-order valence-corrected chi connectivity index (χ2v) is 5.56. The Labute approximate surface area is 138 Å². The van der Waals surface area contributed by atoms with Crippen molar-refractivity contribution in [3.05, 3.63) is 76.9 Å². The molecule has 23 heavy (non-hydrogen) atoms. The molecule has 0 spiro atoms. The van der Waals surface area contributed by atoms with E-state index >= 15 is 0 Å². The third-order valence-corrected chi connectivity index (χ3v) is 3.50. The quantitative estimate of drug-likeness (QED) is 0.820. The van der Waals surface area contributed by atoms with Crippen LogP contribution in [0.25, 0.3) is 6.08 Å². The summed E-state index contributed by atoms with van der Waals surface area (Å²) in [5, 5.41) is 6.23. The minimum Gasteiger partial charge on any atom is -0.352 e. The Kier molecular flexibility index (Phi) is 6.57. The van der Waals surface area contributed by atoms with E-state index in [9.17, 15) is 4.79 Å². The molecule has 0 atom stereocenters. The summed E-state index contributed by atoms with van der Waals surface area (Å²) < 4.78 is 0. The summed E-state index contributed by atoms with van der Waals surface area (Å²) in [5.74, 6) is -0.0198. The van der Waals surface area contributed by atoms with Crippen LogP contribution in [0.3, 0.4) is 0 Å². The fourth-order valence-corrected chi connectivity index (χ4v) is 2.33. The standard InChI is InChI=1S/C20H24N2O/c1-3-22-20(23)19-11-9-18(10-12-19)15-21-14-16(2)13-17-7-5-4-6-8-17/h4-13,21H,3,14-15H2,1-2H3,(H,22,23). The van der Waals surface area contributed by atoms with Crippen molar-refractivity contribution < 1.29 is 4.79 Å². The molecule has 0 unspecified atom stereocenters. The van der Waals surface area contributed by atoms with Crippen molar-refractivity contribution in [2.75, 3.05) is 13.1 Å². The van der Waals surface area contributed by atoms with Gasteiger partial charge in [-0.1, -0.05) is 54.1 Å². The van der Waals surface area contributed by atoms with Gasteiger partial charge in [0.15, 0.2) is 0 Å². The normalized spacial score (nSPS) is 11.3. The van der Waals surface area contributed by atoms with Crippen LogP contribution >= 0.6 is 0 Å². The largest absolute Gasteiger partial charge is 0.352 e. The molecule has 0 heterocycles. The number of nitrogens with one attached hydrogen (secondary N) is 2. The monoisotopic (exact) mass is 308 g/mol. The van der Waals surface area contributed by atoms with Crippen LogP contribution in [0.1, 0.15) is 35.3 Å². The van der Waals surface area contributed by atoms with Crippen molar-refractivity contribution in [2.24, 2.45) is 0 Å². The summed E-state index contributed by atoms with van der Waals surface area (Å²) in [6.07, 6.45) is 2.19. The second kappa shape index (κ2) is 8.91. The van der Waals surface area contributed by atoms with E-state index in [0.717, 1.165) is 13.1 Å². The molecule has 0 bridgehead atoms. The molecule has 0 aliphatic heterocycles. The van der Waals surface area contributed by atoms with E-state index in [0.29, 0.717) is 12.1 Å².